The number of aromatic carboxylic acids is 1. The topological polar surface area (TPSA) is 37.3 Å². The van der Waals surface area contributed by atoms with Gasteiger partial charge in [0.05, 0.1) is 5.56 Å². The highest BCUT2D eigenvalue weighted by Gasteiger charge is 2.11. The van der Waals surface area contributed by atoms with Crippen LogP contribution in [0.3, 0.4) is 0 Å². The molecule has 0 fully saturated rings. The van der Waals surface area contributed by atoms with Crippen molar-refractivity contribution in [2.24, 2.45) is 0 Å². The van der Waals surface area contributed by atoms with Crippen molar-refractivity contribution in [2.75, 3.05) is 0 Å². The fraction of sp³-hybridized carbons (Fsp3) is 0. The Morgan fingerprint density at radius 1 is 1.25 bits per heavy atom. The Morgan fingerprint density at radius 3 is 2.56 bits per heavy atom. The van der Waals surface area contributed by atoms with Crippen molar-refractivity contribution in [2.45, 2.75) is 0 Å². The van der Waals surface area contributed by atoms with Crippen LogP contribution in [0.4, 0.5) is 8.78 Å². The van der Waals surface area contributed by atoms with E-state index in [1.807, 2.05) is 0 Å². The SMILES string of the molecule is O=C(O)c1csc(-c2ccc(F)cc2F)c1. The number of thiophene rings is 1. The van der Waals surface area contributed by atoms with Gasteiger partial charge in [-0.1, -0.05) is 0 Å². The summed E-state index contributed by atoms with van der Waals surface area (Å²) in [6.45, 7) is 0. The Morgan fingerprint density at radius 2 is 2.00 bits per heavy atom. The van der Waals surface area contributed by atoms with Gasteiger partial charge in [0.25, 0.3) is 0 Å². The fourth-order valence-corrected chi connectivity index (χ4v) is 2.19. The van der Waals surface area contributed by atoms with E-state index in [2.05, 4.69) is 0 Å². The van der Waals surface area contributed by atoms with Crippen molar-refractivity contribution >= 4 is 17.3 Å². The number of hydrogen-bond donors (Lipinski definition) is 1. The molecule has 1 N–H and O–H groups in total. The number of carboxylic acid groups (broad SMARTS) is 1. The van der Waals surface area contributed by atoms with Crippen molar-refractivity contribution in [1.29, 1.82) is 0 Å². The van der Waals surface area contributed by atoms with Gasteiger partial charge in [0.15, 0.2) is 0 Å². The van der Waals surface area contributed by atoms with Crippen LogP contribution in [0.25, 0.3) is 10.4 Å². The fourth-order valence-electron chi connectivity index (χ4n) is 1.28. The average molecular weight is 240 g/mol. The second-order valence-corrected chi connectivity index (χ2v) is 4.04. The first-order chi connectivity index (χ1) is 7.58. The number of carboxylic acids is 1. The molecule has 0 unspecified atom stereocenters. The lowest BCUT2D eigenvalue weighted by molar-refractivity contribution is 0.0697. The van der Waals surface area contributed by atoms with Crippen molar-refractivity contribution in [3.8, 4) is 10.4 Å². The molecule has 0 bridgehead atoms. The lowest BCUT2D eigenvalue weighted by Crippen LogP contribution is -1.91. The summed E-state index contributed by atoms with van der Waals surface area (Å²) >= 11 is 1.11. The van der Waals surface area contributed by atoms with Crippen molar-refractivity contribution in [1.82, 2.24) is 0 Å². The molecule has 0 amide bonds. The Balaban J connectivity index is 2.46. The molecule has 0 atom stereocenters. The molecule has 0 aliphatic rings. The highest BCUT2D eigenvalue weighted by Crippen LogP contribution is 2.29. The molecule has 1 aromatic heterocycles. The number of carbonyl (C=O) groups is 1. The van der Waals surface area contributed by atoms with Gasteiger partial charge in [-0.3, -0.25) is 0 Å². The predicted octanol–water partition coefficient (Wildman–Crippen LogP) is 3.39. The largest absolute Gasteiger partial charge is 0.478 e. The maximum absolute atomic E-state index is 13.4. The molecule has 82 valence electrons. The van der Waals surface area contributed by atoms with Crippen LogP contribution >= 0.6 is 11.3 Å². The number of hydrogen-bond acceptors (Lipinski definition) is 2. The van der Waals surface area contributed by atoms with E-state index in [1.54, 1.807) is 0 Å². The second-order valence-electron chi connectivity index (χ2n) is 3.13. The molecule has 1 aromatic carbocycles. The van der Waals surface area contributed by atoms with Gasteiger partial charge in [-0.15, -0.1) is 11.3 Å². The molecule has 1 heterocycles. The first-order valence-corrected chi connectivity index (χ1v) is 5.23. The lowest BCUT2D eigenvalue weighted by atomic mass is 10.1. The Hall–Kier alpha value is -1.75. The minimum absolute atomic E-state index is 0.101. The maximum atomic E-state index is 13.4. The zero-order chi connectivity index (χ0) is 11.7. The van der Waals surface area contributed by atoms with E-state index in [0.717, 1.165) is 23.5 Å². The van der Waals surface area contributed by atoms with E-state index in [4.69, 9.17) is 5.11 Å². The first-order valence-electron chi connectivity index (χ1n) is 4.35. The zero-order valence-electron chi connectivity index (χ0n) is 7.91. The van der Waals surface area contributed by atoms with Gasteiger partial charge >= 0.3 is 5.97 Å². The van der Waals surface area contributed by atoms with Gasteiger partial charge in [-0.2, -0.15) is 0 Å². The maximum Gasteiger partial charge on any atom is 0.336 e. The summed E-state index contributed by atoms with van der Waals surface area (Å²) in [4.78, 5) is 11.1. The van der Waals surface area contributed by atoms with Gasteiger partial charge in [-0.05, 0) is 18.2 Å². The van der Waals surface area contributed by atoms with Crippen molar-refractivity contribution < 1.29 is 18.7 Å². The van der Waals surface area contributed by atoms with Crippen molar-refractivity contribution in [3.05, 3.63) is 46.8 Å². The molecule has 5 heteroatoms. The van der Waals surface area contributed by atoms with Gasteiger partial charge in [0.1, 0.15) is 11.6 Å². The summed E-state index contributed by atoms with van der Waals surface area (Å²) in [5.74, 6) is -2.42. The Labute approximate surface area is 93.8 Å². The summed E-state index contributed by atoms with van der Waals surface area (Å²) < 4.78 is 26.0. The predicted molar refractivity (Wildman–Crippen MR) is 56.6 cm³/mol. The molecule has 0 radical (unpaired) electrons. The van der Waals surface area contributed by atoms with E-state index >= 15 is 0 Å². The van der Waals surface area contributed by atoms with Crippen LogP contribution in [0.15, 0.2) is 29.6 Å². The van der Waals surface area contributed by atoms with E-state index in [1.165, 1.54) is 17.5 Å². The smallest absolute Gasteiger partial charge is 0.336 e. The molecular weight excluding hydrogens is 234 g/mol. The molecule has 0 spiro atoms. The van der Waals surface area contributed by atoms with Gasteiger partial charge in [-0.25, -0.2) is 13.6 Å². The van der Waals surface area contributed by atoms with Gasteiger partial charge in [0, 0.05) is 21.9 Å². The molecule has 0 saturated carbocycles. The third-order valence-electron chi connectivity index (χ3n) is 2.04. The number of halogens is 2. The van der Waals surface area contributed by atoms with Crippen LogP contribution in [0.2, 0.25) is 0 Å². The third-order valence-corrected chi connectivity index (χ3v) is 3.01. The van der Waals surface area contributed by atoms with E-state index in [-0.39, 0.29) is 11.1 Å². The van der Waals surface area contributed by atoms with Gasteiger partial charge in [0.2, 0.25) is 0 Å². The molecule has 16 heavy (non-hydrogen) atoms. The summed E-state index contributed by atoms with van der Waals surface area (Å²) in [6, 6.07) is 4.57. The van der Waals surface area contributed by atoms with E-state index in [9.17, 15) is 13.6 Å². The van der Waals surface area contributed by atoms with Gasteiger partial charge < -0.3 is 5.11 Å². The Bertz CT molecular complexity index is 549. The van der Waals surface area contributed by atoms with Crippen LogP contribution in [0.1, 0.15) is 10.4 Å². The van der Waals surface area contributed by atoms with Crippen LogP contribution in [0, 0.1) is 11.6 Å². The Kier molecular flexibility index (Phi) is 2.70. The summed E-state index contributed by atoms with van der Waals surface area (Å²) in [6.07, 6.45) is 0. The lowest BCUT2D eigenvalue weighted by Gasteiger charge is -1.99. The molecule has 2 nitrogen and oxygen atoms in total. The molecule has 2 aromatic rings. The normalized spacial score (nSPS) is 10.4. The molecule has 0 aliphatic heterocycles. The van der Waals surface area contributed by atoms with E-state index in [0.29, 0.717) is 4.88 Å². The minimum atomic E-state index is -1.06. The summed E-state index contributed by atoms with van der Waals surface area (Å²) in [5, 5.41) is 10.1. The molecule has 0 aliphatic carbocycles. The minimum Gasteiger partial charge on any atom is -0.478 e. The monoisotopic (exact) mass is 240 g/mol. The quantitative estimate of drug-likeness (QED) is 0.873. The van der Waals surface area contributed by atoms with Crippen LogP contribution in [0.5, 0.6) is 0 Å². The summed E-state index contributed by atoms with van der Waals surface area (Å²) in [5.41, 5.74) is 0.308. The van der Waals surface area contributed by atoms with Crippen molar-refractivity contribution in [3.63, 3.8) is 0 Å². The third kappa shape index (κ3) is 1.94. The second kappa shape index (κ2) is 4.02. The number of rotatable bonds is 2. The van der Waals surface area contributed by atoms with E-state index < -0.39 is 17.6 Å². The highest BCUT2D eigenvalue weighted by molar-refractivity contribution is 7.13. The van der Waals surface area contributed by atoms with Crippen LogP contribution < -0.4 is 0 Å². The summed E-state index contributed by atoms with van der Waals surface area (Å²) in [7, 11) is 0. The van der Waals surface area contributed by atoms with Crippen LogP contribution in [-0.4, -0.2) is 11.1 Å². The first kappa shape index (κ1) is 10.8. The number of benzene rings is 1. The molecule has 0 saturated heterocycles. The van der Waals surface area contributed by atoms with Crippen LogP contribution in [-0.2, 0) is 0 Å². The zero-order valence-corrected chi connectivity index (χ0v) is 8.72. The molecular formula is C11H6F2O2S. The standard InChI is InChI=1S/C11H6F2O2S/c12-7-1-2-8(9(13)4-7)10-3-6(5-16-10)11(14)15/h1-5H,(H,14,15). The highest BCUT2D eigenvalue weighted by atomic mass is 32.1. The average Bonchev–Trinajstić information content (AvgIpc) is 2.66. The molecule has 2 rings (SSSR count).